The first-order valence-electron chi connectivity index (χ1n) is 5.04. The molecule has 0 bridgehead atoms. The summed E-state index contributed by atoms with van der Waals surface area (Å²) >= 11 is 0. The lowest BCUT2D eigenvalue weighted by Gasteiger charge is -2.45. The molecular weight excluding hydrogens is 178 g/mol. The van der Waals surface area contributed by atoms with E-state index in [0.717, 1.165) is 30.8 Å². The molecule has 0 aromatic heterocycles. The van der Waals surface area contributed by atoms with Gasteiger partial charge in [-0.05, 0) is 31.4 Å². The first kappa shape index (κ1) is 7.97. The normalized spacial score (nSPS) is 21.7. The molecule has 1 saturated carbocycles. The maximum Gasteiger partial charge on any atom is 0.147 e. The topological polar surface area (TPSA) is 41.5 Å². The zero-order chi connectivity index (χ0) is 9.60. The number of aromatic hydroxyl groups is 1. The van der Waals surface area contributed by atoms with Crippen molar-refractivity contribution in [2.45, 2.75) is 24.9 Å². The van der Waals surface area contributed by atoms with Crippen LogP contribution in [0.2, 0.25) is 0 Å². The highest BCUT2D eigenvalue weighted by molar-refractivity contribution is 5.67. The van der Waals surface area contributed by atoms with Gasteiger partial charge in [0.2, 0.25) is 0 Å². The van der Waals surface area contributed by atoms with Gasteiger partial charge < -0.3 is 15.2 Å². The number of phenols is 1. The molecule has 0 atom stereocenters. The van der Waals surface area contributed by atoms with Crippen LogP contribution in [-0.4, -0.2) is 17.3 Å². The SMILES string of the molecule is Oc1cccc2c1NCC1(CCC1)O2. The Kier molecular flexibility index (Phi) is 1.46. The van der Waals surface area contributed by atoms with Crippen molar-refractivity contribution in [3.05, 3.63) is 18.2 Å². The zero-order valence-electron chi connectivity index (χ0n) is 7.92. The van der Waals surface area contributed by atoms with Crippen LogP contribution in [0.1, 0.15) is 19.3 Å². The van der Waals surface area contributed by atoms with E-state index in [9.17, 15) is 5.11 Å². The summed E-state index contributed by atoms with van der Waals surface area (Å²) in [5.74, 6) is 1.06. The lowest BCUT2D eigenvalue weighted by molar-refractivity contribution is -0.0000473. The summed E-state index contributed by atoms with van der Waals surface area (Å²) in [6.45, 7) is 0.817. The van der Waals surface area contributed by atoms with Gasteiger partial charge in [-0.15, -0.1) is 0 Å². The highest BCUT2D eigenvalue weighted by Gasteiger charge is 2.42. The van der Waals surface area contributed by atoms with Crippen LogP contribution >= 0.6 is 0 Å². The van der Waals surface area contributed by atoms with Crippen LogP contribution in [0.5, 0.6) is 11.5 Å². The van der Waals surface area contributed by atoms with Crippen molar-refractivity contribution in [3.63, 3.8) is 0 Å². The minimum Gasteiger partial charge on any atom is -0.506 e. The maximum atomic E-state index is 9.57. The van der Waals surface area contributed by atoms with Crippen LogP contribution in [0.25, 0.3) is 0 Å². The lowest BCUT2D eigenvalue weighted by Crippen LogP contribution is -2.51. The molecule has 1 aliphatic carbocycles. The predicted octanol–water partition coefficient (Wildman–Crippen LogP) is 2.12. The Morgan fingerprint density at radius 2 is 2.21 bits per heavy atom. The summed E-state index contributed by atoms with van der Waals surface area (Å²) in [6, 6.07) is 5.39. The van der Waals surface area contributed by atoms with E-state index in [-0.39, 0.29) is 11.4 Å². The molecule has 0 amide bonds. The molecule has 1 aliphatic heterocycles. The van der Waals surface area contributed by atoms with E-state index in [4.69, 9.17) is 4.74 Å². The van der Waals surface area contributed by atoms with Gasteiger partial charge in [0.1, 0.15) is 22.8 Å². The molecule has 1 aromatic rings. The highest BCUT2D eigenvalue weighted by Crippen LogP contribution is 2.45. The van der Waals surface area contributed by atoms with Crippen LogP contribution in [0.15, 0.2) is 18.2 Å². The molecule has 3 nitrogen and oxygen atoms in total. The summed E-state index contributed by atoms with van der Waals surface area (Å²) in [5.41, 5.74) is 0.755. The average molecular weight is 191 g/mol. The molecule has 0 radical (unpaired) electrons. The molecule has 1 aromatic carbocycles. The van der Waals surface area contributed by atoms with Crippen molar-refractivity contribution >= 4 is 5.69 Å². The number of rotatable bonds is 0. The van der Waals surface area contributed by atoms with Crippen LogP contribution < -0.4 is 10.1 Å². The average Bonchev–Trinajstić information content (AvgIpc) is 2.15. The van der Waals surface area contributed by atoms with Crippen molar-refractivity contribution in [1.29, 1.82) is 0 Å². The van der Waals surface area contributed by atoms with E-state index in [1.54, 1.807) is 6.07 Å². The van der Waals surface area contributed by atoms with Crippen LogP contribution in [0.3, 0.4) is 0 Å². The van der Waals surface area contributed by atoms with Crippen LogP contribution in [-0.2, 0) is 0 Å². The number of hydrogen-bond acceptors (Lipinski definition) is 3. The van der Waals surface area contributed by atoms with E-state index >= 15 is 0 Å². The molecule has 2 N–H and O–H groups in total. The Morgan fingerprint density at radius 3 is 2.93 bits per heavy atom. The van der Waals surface area contributed by atoms with Gasteiger partial charge in [0.15, 0.2) is 0 Å². The fourth-order valence-electron chi connectivity index (χ4n) is 2.15. The van der Waals surface area contributed by atoms with E-state index in [2.05, 4.69) is 5.32 Å². The molecule has 1 spiro atoms. The second-order valence-electron chi connectivity index (χ2n) is 4.14. The van der Waals surface area contributed by atoms with Gasteiger partial charge in [-0.25, -0.2) is 0 Å². The van der Waals surface area contributed by atoms with E-state index < -0.39 is 0 Å². The van der Waals surface area contributed by atoms with Gasteiger partial charge in [-0.2, -0.15) is 0 Å². The third-order valence-corrected chi connectivity index (χ3v) is 3.18. The number of benzene rings is 1. The number of phenolic OH excluding ortho intramolecular Hbond substituents is 1. The van der Waals surface area contributed by atoms with Crippen molar-refractivity contribution in [2.24, 2.45) is 0 Å². The Bertz CT molecular complexity index is 372. The first-order chi connectivity index (χ1) is 6.79. The molecule has 3 heteroatoms. The minimum absolute atomic E-state index is 0.0147. The number of ether oxygens (including phenoxy) is 1. The Balaban J connectivity index is 1.98. The number of anilines is 1. The summed E-state index contributed by atoms with van der Waals surface area (Å²) in [4.78, 5) is 0. The second kappa shape index (κ2) is 2.56. The minimum atomic E-state index is 0.0147. The summed E-state index contributed by atoms with van der Waals surface area (Å²) in [5, 5.41) is 12.8. The molecule has 2 aliphatic rings. The predicted molar refractivity (Wildman–Crippen MR) is 53.8 cm³/mol. The van der Waals surface area contributed by atoms with Gasteiger partial charge >= 0.3 is 0 Å². The molecule has 3 rings (SSSR count). The van der Waals surface area contributed by atoms with Crippen molar-refractivity contribution < 1.29 is 9.84 Å². The molecule has 14 heavy (non-hydrogen) atoms. The molecule has 1 fully saturated rings. The number of nitrogens with one attached hydrogen (secondary N) is 1. The lowest BCUT2D eigenvalue weighted by atomic mass is 9.79. The molecule has 0 unspecified atom stereocenters. The van der Waals surface area contributed by atoms with Crippen molar-refractivity contribution in [3.8, 4) is 11.5 Å². The smallest absolute Gasteiger partial charge is 0.147 e. The second-order valence-corrected chi connectivity index (χ2v) is 4.14. The number of para-hydroxylation sites is 1. The third kappa shape index (κ3) is 0.983. The number of fused-ring (bicyclic) bond motifs is 1. The maximum absolute atomic E-state index is 9.57. The highest BCUT2D eigenvalue weighted by atomic mass is 16.5. The van der Waals surface area contributed by atoms with E-state index in [1.165, 1.54) is 6.42 Å². The summed E-state index contributed by atoms with van der Waals surface area (Å²) in [7, 11) is 0. The zero-order valence-corrected chi connectivity index (χ0v) is 7.92. The summed E-state index contributed by atoms with van der Waals surface area (Å²) < 4.78 is 5.91. The van der Waals surface area contributed by atoms with E-state index in [1.807, 2.05) is 12.1 Å². The quantitative estimate of drug-likeness (QED) is 0.617. The van der Waals surface area contributed by atoms with Crippen LogP contribution in [0, 0.1) is 0 Å². The van der Waals surface area contributed by atoms with Crippen LogP contribution in [0.4, 0.5) is 5.69 Å². The number of hydrogen-bond donors (Lipinski definition) is 2. The monoisotopic (exact) mass is 191 g/mol. The standard InChI is InChI=1S/C11H13NO2/c13-8-3-1-4-9-10(8)12-7-11(14-9)5-2-6-11/h1,3-4,12-13H,2,5-7H2. The first-order valence-corrected chi connectivity index (χ1v) is 5.04. The Hall–Kier alpha value is -1.38. The van der Waals surface area contributed by atoms with E-state index in [0.29, 0.717) is 0 Å². The fraction of sp³-hybridized carbons (Fsp3) is 0.455. The van der Waals surface area contributed by atoms with Gasteiger partial charge in [0.25, 0.3) is 0 Å². The fourth-order valence-corrected chi connectivity index (χ4v) is 2.15. The Morgan fingerprint density at radius 1 is 1.36 bits per heavy atom. The van der Waals surface area contributed by atoms with Crippen molar-refractivity contribution in [1.82, 2.24) is 0 Å². The van der Waals surface area contributed by atoms with Gasteiger partial charge in [0, 0.05) is 0 Å². The molecule has 0 saturated heterocycles. The van der Waals surface area contributed by atoms with Gasteiger partial charge in [0.05, 0.1) is 6.54 Å². The van der Waals surface area contributed by atoms with Crippen molar-refractivity contribution in [2.75, 3.05) is 11.9 Å². The largest absolute Gasteiger partial charge is 0.506 e. The third-order valence-electron chi connectivity index (χ3n) is 3.18. The molecule has 74 valence electrons. The molecular formula is C11H13NO2. The van der Waals surface area contributed by atoms with Gasteiger partial charge in [-0.1, -0.05) is 6.07 Å². The molecule has 1 heterocycles. The summed E-state index contributed by atoms with van der Waals surface area (Å²) in [6.07, 6.45) is 3.49. The van der Waals surface area contributed by atoms with Gasteiger partial charge in [-0.3, -0.25) is 0 Å². The Labute approximate surface area is 82.7 Å².